The molecule has 0 saturated heterocycles. The molecule has 25 heavy (non-hydrogen) atoms. The van der Waals surface area contributed by atoms with Crippen molar-refractivity contribution in [3.05, 3.63) is 33.9 Å². The van der Waals surface area contributed by atoms with E-state index in [1.54, 1.807) is 0 Å². The van der Waals surface area contributed by atoms with Crippen LogP contribution in [0.1, 0.15) is 53.2 Å². The third kappa shape index (κ3) is 3.48. The summed E-state index contributed by atoms with van der Waals surface area (Å²) in [6, 6.07) is 0.405. The highest BCUT2D eigenvalue weighted by atomic mass is 16.2. The first-order valence-electron chi connectivity index (χ1n) is 9.07. The Morgan fingerprint density at radius 1 is 1.00 bits per heavy atom. The van der Waals surface area contributed by atoms with Crippen LogP contribution in [0.5, 0.6) is 0 Å². The zero-order chi connectivity index (χ0) is 18.3. The van der Waals surface area contributed by atoms with Crippen molar-refractivity contribution < 1.29 is 4.79 Å². The number of rotatable bonds is 6. The molecule has 1 amide bonds. The van der Waals surface area contributed by atoms with Crippen LogP contribution < -0.4 is 0 Å². The lowest BCUT2D eigenvalue weighted by Crippen LogP contribution is -2.33. The number of carbonyl (C=O) groups excluding carboxylic acids is 1. The second kappa shape index (κ2) is 6.65. The first-order chi connectivity index (χ1) is 11.8. The van der Waals surface area contributed by atoms with Crippen molar-refractivity contribution in [3.63, 3.8) is 0 Å². The minimum Gasteiger partial charge on any atom is -0.335 e. The van der Waals surface area contributed by atoms with Crippen molar-refractivity contribution in [3.8, 4) is 0 Å². The van der Waals surface area contributed by atoms with Gasteiger partial charge in [-0.05, 0) is 52.5 Å². The molecule has 1 saturated carbocycles. The molecule has 1 aliphatic rings. The van der Waals surface area contributed by atoms with Crippen LogP contribution in [-0.2, 0) is 31.9 Å². The zero-order valence-corrected chi connectivity index (χ0v) is 16.3. The maximum atomic E-state index is 12.9. The molecule has 1 aliphatic carbocycles. The Morgan fingerprint density at radius 2 is 1.52 bits per heavy atom. The van der Waals surface area contributed by atoms with E-state index in [1.807, 2.05) is 37.3 Å². The number of amides is 1. The summed E-state index contributed by atoms with van der Waals surface area (Å²) in [5.74, 6) is 0.243. The third-order valence-corrected chi connectivity index (χ3v) is 5.54. The predicted molar refractivity (Wildman–Crippen MR) is 97.3 cm³/mol. The van der Waals surface area contributed by atoms with Gasteiger partial charge in [-0.3, -0.25) is 14.2 Å². The quantitative estimate of drug-likeness (QED) is 0.810. The SMILES string of the molecule is Cc1nn(C)c(C)c1CCC(=O)N(Cc1c(C)nn(C)c1C)C1CC1. The van der Waals surface area contributed by atoms with E-state index in [4.69, 9.17) is 0 Å². The molecule has 2 aromatic rings. The van der Waals surface area contributed by atoms with E-state index in [2.05, 4.69) is 28.9 Å². The Morgan fingerprint density at radius 3 is 1.96 bits per heavy atom. The molecule has 0 aliphatic heterocycles. The van der Waals surface area contributed by atoms with Gasteiger partial charge >= 0.3 is 0 Å². The molecule has 3 rings (SSSR count). The summed E-state index contributed by atoms with van der Waals surface area (Å²) in [5.41, 5.74) is 6.76. The lowest BCUT2D eigenvalue weighted by atomic mass is 10.1. The Balaban J connectivity index is 1.71. The van der Waals surface area contributed by atoms with Crippen molar-refractivity contribution in [1.82, 2.24) is 24.5 Å². The molecule has 6 heteroatoms. The second-order valence-corrected chi connectivity index (χ2v) is 7.30. The summed E-state index contributed by atoms with van der Waals surface area (Å²) in [6.45, 7) is 8.88. The molecule has 0 radical (unpaired) electrons. The number of carbonyl (C=O) groups is 1. The largest absolute Gasteiger partial charge is 0.335 e. The second-order valence-electron chi connectivity index (χ2n) is 7.30. The van der Waals surface area contributed by atoms with Gasteiger partial charge in [-0.1, -0.05) is 0 Å². The first kappa shape index (κ1) is 17.7. The van der Waals surface area contributed by atoms with Crippen LogP contribution in [-0.4, -0.2) is 36.4 Å². The van der Waals surface area contributed by atoms with Crippen molar-refractivity contribution in [2.75, 3.05) is 0 Å². The van der Waals surface area contributed by atoms with Crippen molar-refractivity contribution >= 4 is 5.91 Å². The van der Waals surface area contributed by atoms with Crippen molar-refractivity contribution in [2.45, 2.75) is 66.0 Å². The minimum atomic E-state index is 0.243. The van der Waals surface area contributed by atoms with E-state index in [-0.39, 0.29) is 5.91 Å². The highest BCUT2D eigenvalue weighted by molar-refractivity contribution is 5.77. The van der Waals surface area contributed by atoms with Crippen LogP contribution in [0, 0.1) is 27.7 Å². The summed E-state index contributed by atoms with van der Waals surface area (Å²) < 4.78 is 3.80. The fraction of sp³-hybridized carbons (Fsp3) is 0.632. The summed E-state index contributed by atoms with van der Waals surface area (Å²) >= 11 is 0. The maximum absolute atomic E-state index is 12.9. The predicted octanol–water partition coefficient (Wildman–Crippen LogP) is 2.51. The first-order valence-corrected chi connectivity index (χ1v) is 9.07. The molecular formula is C19H29N5O. The van der Waals surface area contributed by atoms with Gasteiger partial charge in [0.2, 0.25) is 5.91 Å². The molecule has 0 bridgehead atoms. The highest BCUT2D eigenvalue weighted by Gasteiger charge is 2.33. The fourth-order valence-electron chi connectivity index (χ4n) is 3.58. The smallest absolute Gasteiger partial charge is 0.223 e. The third-order valence-electron chi connectivity index (χ3n) is 5.54. The molecule has 2 aromatic heterocycles. The Hall–Kier alpha value is -2.11. The monoisotopic (exact) mass is 343 g/mol. The summed E-state index contributed by atoms with van der Waals surface area (Å²) in [4.78, 5) is 15.0. The molecule has 136 valence electrons. The summed E-state index contributed by atoms with van der Waals surface area (Å²) in [7, 11) is 3.92. The van der Waals surface area contributed by atoms with Gasteiger partial charge in [0.15, 0.2) is 0 Å². The van der Waals surface area contributed by atoms with E-state index in [0.29, 0.717) is 19.0 Å². The van der Waals surface area contributed by atoms with E-state index in [1.165, 1.54) is 11.1 Å². The van der Waals surface area contributed by atoms with Crippen LogP contribution in [0.2, 0.25) is 0 Å². The fourth-order valence-corrected chi connectivity index (χ4v) is 3.58. The molecule has 2 heterocycles. The van der Waals surface area contributed by atoms with E-state index >= 15 is 0 Å². The highest BCUT2D eigenvalue weighted by Crippen LogP contribution is 2.30. The lowest BCUT2D eigenvalue weighted by Gasteiger charge is -2.23. The van der Waals surface area contributed by atoms with Gasteiger partial charge in [0, 0.05) is 50.1 Å². The van der Waals surface area contributed by atoms with Gasteiger partial charge in [-0.25, -0.2) is 0 Å². The van der Waals surface area contributed by atoms with Gasteiger partial charge in [0.05, 0.1) is 11.4 Å². The standard InChI is InChI=1S/C19H29N5O/c1-12-17(14(3)22(5)20-12)9-10-19(25)24(16-7-8-16)11-18-13(2)21-23(6)15(18)4/h16H,7-11H2,1-6H3. The average Bonchev–Trinajstić information content (AvgIpc) is 3.31. The molecule has 0 N–H and O–H groups in total. The molecule has 0 atom stereocenters. The van der Waals surface area contributed by atoms with Gasteiger partial charge < -0.3 is 4.90 Å². The van der Waals surface area contributed by atoms with Crippen LogP contribution in [0.4, 0.5) is 0 Å². The topological polar surface area (TPSA) is 56.0 Å². The lowest BCUT2D eigenvalue weighted by molar-refractivity contribution is -0.132. The van der Waals surface area contributed by atoms with Gasteiger partial charge in [0.1, 0.15) is 0 Å². The molecular weight excluding hydrogens is 314 g/mol. The molecule has 0 aromatic carbocycles. The molecule has 6 nitrogen and oxygen atoms in total. The number of nitrogens with zero attached hydrogens (tertiary/aromatic N) is 5. The average molecular weight is 343 g/mol. The van der Waals surface area contributed by atoms with E-state index in [0.717, 1.165) is 42.0 Å². The Kier molecular flexibility index (Phi) is 4.71. The van der Waals surface area contributed by atoms with Crippen molar-refractivity contribution in [2.24, 2.45) is 14.1 Å². The van der Waals surface area contributed by atoms with Crippen LogP contribution >= 0.6 is 0 Å². The Labute approximate surface area is 149 Å². The van der Waals surface area contributed by atoms with Crippen molar-refractivity contribution in [1.29, 1.82) is 0 Å². The van der Waals surface area contributed by atoms with Crippen LogP contribution in [0.3, 0.4) is 0 Å². The Bertz CT molecular complexity index is 797. The maximum Gasteiger partial charge on any atom is 0.223 e. The number of aromatic nitrogens is 4. The number of hydrogen-bond acceptors (Lipinski definition) is 3. The number of aryl methyl sites for hydroxylation is 4. The molecule has 1 fully saturated rings. The molecule has 0 unspecified atom stereocenters. The van der Waals surface area contributed by atoms with Gasteiger partial charge in [0.25, 0.3) is 0 Å². The van der Waals surface area contributed by atoms with Crippen LogP contribution in [0.25, 0.3) is 0 Å². The normalized spacial score (nSPS) is 14.2. The molecule has 0 spiro atoms. The van der Waals surface area contributed by atoms with Gasteiger partial charge in [-0.15, -0.1) is 0 Å². The van der Waals surface area contributed by atoms with E-state index < -0.39 is 0 Å². The van der Waals surface area contributed by atoms with E-state index in [9.17, 15) is 4.79 Å². The summed E-state index contributed by atoms with van der Waals surface area (Å²) in [6.07, 6.45) is 3.55. The number of hydrogen-bond donors (Lipinski definition) is 0. The van der Waals surface area contributed by atoms with Crippen LogP contribution in [0.15, 0.2) is 0 Å². The zero-order valence-electron chi connectivity index (χ0n) is 16.3. The summed E-state index contributed by atoms with van der Waals surface area (Å²) in [5, 5.41) is 8.95. The minimum absolute atomic E-state index is 0.243. The van der Waals surface area contributed by atoms with Gasteiger partial charge in [-0.2, -0.15) is 10.2 Å².